The lowest BCUT2D eigenvalue weighted by molar-refractivity contribution is 0.207. The van der Waals surface area contributed by atoms with Gasteiger partial charge >= 0.3 is 0 Å². The Morgan fingerprint density at radius 1 is 1.15 bits per heavy atom. The molecule has 2 nitrogen and oxygen atoms in total. The fraction of sp³-hybridized carbons (Fsp3) is 0.667. The van der Waals surface area contributed by atoms with Crippen molar-refractivity contribution in [2.45, 2.75) is 58.4 Å². The summed E-state index contributed by atoms with van der Waals surface area (Å²) in [6, 6.07) is 6.76. The van der Waals surface area contributed by atoms with Crippen molar-refractivity contribution in [3.8, 4) is 0 Å². The SMILES string of the molecule is CC1(CNCc2cccc3c2NCCC3)CCCCC1. The maximum absolute atomic E-state index is 3.72. The lowest BCUT2D eigenvalue weighted by atomic mass is 9.76. The Labute approximate surface area is 123 Å². The molecule has 1 aromatic rings. The van der Waals surface area contributed by atoms with Crippen molar-refractivity contribution >= 4 is 5.69 Å². The molecule has 1 aromatic carbocycles. The predicted molar refractivity (Wildman–Crippen MR) is 86.2 cm³/mol. The summed E-state index contributed by atoms with van der Waals surface area (Å²) in [5.74, 6) is 0. The van der Waals surface area contributed by atoms with Crippen LogP contribution in [0.5, 0.6) is 0 Å². The predicted octanol–water partition coefficient (Wildman–Crippen LogP) is 4.10. The molecule has 0 radical (unpaired) electrons. The zero-order chi connectivity index (χ0) is 13.8. The van der Waals surface area contributed by atoms with Gasteiger partial charge in [-0.15, -0.1) is 0 Å². The van der Waals surface area contributed by atoms with Gasteiger partial charge in [0.2, 0.25) is 0 Å². The highest BCUT2D eigenvalue weighted by Crippen LogP contribution is 2.35. The summed E-state index contributed by atoms with van der Waals surface area (Å²) >= 11 is 0. The second-order valence-electron chi connectivity index (χ2n) is 6.96. The summed E-state index contributed by atoms with van der Waals surface area (Å²) in [5.41, 5.74) is 4.88. The molecular formula is C18H28N2. The van der Waals surface area contributed by atoms with Gasteiger partial charge in [0, 0.05) is 25.3 Å². The zero-order valence-corrected chi connectivity index (χ0v) is 12.8. The van der Waals surface area contributed by atoms with Gasteiger partial charge in [0.15, 0.2) is 0 Å². The van der Waals surface area contributed by atoms with Gasteiger partial charge in [-0.1, -0.05) is 44.4 Å². The number of para-hydroxylation sites is 1. The van der Waals surface area contributed by atoms with E-state index in [2.05, 4.69) is 35.8 Å². The Morgan fingerprint density at radius 2 is 2.00 bits per heavy atom. The molecule has 0 spiro atoms. The van der Waals surface area contributed by atoms with Gasteiger partial charge in [-0.25, -0.2) is 0 Å². The first-order valence-corrected chi connectivity index (χ1v) is 8.32. The Hall–Kier alpha value is -1.02. The van der Waals surface area contributed by atoms with Crippen LogP contribution >= 0.6 is 0 Å². The van der Waals surface area contributed by atoms with Gasteiger partial charge in [0.1, 0.15) is 0 Å². The molecule has 2 N–H and O–H groups in total. The minimum atomic E-state index is 0.528. The molecule has 2 aliphatic rings. The molecule has 0 unspecified atom stereocenters. The normalized spacial score (nSPS) is 21.1. The molecular weight excluding hydrogens is 244 g/mol. The Kier molecular flexibility index (Phi) is 4.30. The first kappa shape index (κ1) is 13.9. The second kappa shape index (κ2) is 6.17. The third-order valence-electron chi connectivity index (χ3n) is 5.09. The molecule has 0 saturated heterocycles. The zero-order valence-electron chi connectivity index (χ0n) is 12.8. The summed E-state index contributed by atoms with van der Waals surface area (Å²) in [6.07, 6.45) is 9.55. The molecule has 0 amide bonds. The van der Waals surface area contributed by atoms with Gasteiger partial charge in [-0.3, -0.25) is 0 Å². The number of fused-ring (bicyclic) bond motifs is 1. The van der Waals surface area contributed by atoms with Crippen molar-refractivity contribution in [2.75, 3.05) is 18.4 Å². The first-order valence-electron chi connectivity index (χ1n) is 8.32. The average molecular weight is 272 g/mol. The van der Waals surface area contributed by atoms with Gasteiger partial charge in [0.05, 0.1) is 0 Å². The van der Waals surface area contributed by atoms with Crippen LogP contribution in [0.2, 0.25) is 0 Å². The fourth-order valence-corrected chi connectivity index (χ4v) is 3.81. The number of benzene rings is 1. The van der Waals surface area contributed by atoms with Gasteiger partial charge in [0.25, 0.3) is 0 Å². The summed E-state index contributed by atoms with van der Waals surface area (Å²) in [6.45, 7) is 5.75. The number of nitrogens with one attached hydrogen (secondary N) is 2. The summed E-state index contributed by atoms with van der Waals surface area (Å²) in [7, 11) is 0. The Balaban J connectivity index is 1.58. The van der Waals surface area contributed by atoms with Crippen LogP contribution in [-0.2, 0) is 13.0 Å². The molecule has 0 atom stereocenters. The van der Waals surface area contributed by atoms with E-state index in [1.54, 1.807) is 0 Å². The van der Waals surface area contributed by atoms with Crippen LogP contribution in [0.1, 0.15) is 56.6 Å². The third-order valence-corrected chi connectivity index (χ3v) is 5.09. The highest BCUT2D eigenvalue weighted by atomic mass is 14.9. The summed E-state index contributed by atoms with van der Waals surface area (Å²) in [5, 5.41) is 7.31. The lowest BCUT2D eigenvalue weighted by Crippen LogP contribution is -2.33. The van der Waals surface area contributed by atoms with E-state index in [1.807, 2.05) is 0 Å². The van der Waals surface area contributed by atoms with E-state index >= 15 is 0 Å². The minimum absolute atomic E-state index is 0.528. The van der Waals surface area contributed by atoms with Crippen molar-refractivity contribution in [1.82, 2.24) is 5.32 Å². The van der Waals surface area contributed by atoms with E-state index in [0.29, 0.717) is 5.41 Å². The molecule has 110 valence electrons. The average Bonchev–Trinajstić information content (AvgIpc) is 2.48. The number of aryl methyl sites for hydroxylation is 1. The molecule has 1 fully saturated rings. The molecule has 1 saturated carbocycles. The molecule has 20 heavy (non-hydrogen) atoms. The Morgan fingerprint density at radius 3 is 2.85 bits per heavy atom. The number of hydrogen-bond donors (Lipinski definition) is 2. The van der Waals surface area contributed by atoms with E-state index in [9.17, 15) is 0 Å². The second-order valence-corrected chi connectivity index (χ2v) is 6.96. The van der Waals surface area contributed by atoms with E-state index in [-0.39, 0.29) is 0 Å². The van der Waals surface area contributed by atoms with Crippen molar-refractivity contribution in [3.63, 3.8) is 0 Å². The molecule has 1 aliphatic carbocycles. The smallest absolute Gasteiger partial charge is 0.0418 e. The van der Waals surface area contributed by atoms with E-state index in [4.69, 9.17) is 0 Å². The van der Waals surface area contributed by atoms with Crippen LogP contribution in [0.25, 0.3) is 0 Å². The Bertz CT molecular complexity index is 447. The highest BCUT2D eigenvalue weighted by Gasteiger charge is 2.26. The van der Waals surface area contributed by atoms with E-state index < -0.39 is 0 Å². The number of rotatable bonds is 4. The third kappa shape index (κ3) is 3.17. The molecule has 0 aromatic heterocycles. The summed E-state index contributed by atoms with van der Waals surface area (Å²) < 4.78 is 0. The summed E-state index contributed by atoms with van der Waals surface area (Å²) in [4.78, 5) is 0. The minimum Gasteiger partial charge on any atom is -0.385 e. The van der Waals surface area contributed by atoms with E-state index in [1.165, 1.54) is 61.8 Å². The van der Waals surface area contributed by atoms with Crippen molar-refractivity contribution in [1.29, 1.82) is 0 Å². The van der Waals surface area contributed by atoms with Crippen LogP contribution in [0, 0.1) is 5.41 Å². The van der Waals surface area contributed by atoms with Crippen molar-refractivity contribution < 1.29 is 0 Å². The largest absolute Gasteiger partial charge is 0.385 e. The molecule has 2 heteroatoms. The topological polar surface area (TPSA) is 24.1 Å². The molecule has 3 rings (SSSR count). The van der Waals surface area contributed by atoms with Gasteiger partial charge < -0.3 is 10.6 Å². The quantitative estimate of drug-likeness (QED) is 0.862. The van der Waals surface area contributed by atoms with Crippen LogP contribution in [0.3, 0.4) is 0 Å². The molecule has 1 heterocycles. The van der Waals surface area contributed by atoms with Crippen LogP contribution in [-0.4, -0.2) is 13.1 Å². The van der Waals surface area contributed by atoms with Crippen LogP contribution < -0.4 is 10.6 Å². The monoisotopic (exact) mass is 272 g/mol. The number of hydrogen-bond acceptors (Lipinski definition) is 2. The highest BCUT2D eigenvalue weighted by molar-refractivity contribution is 5.59. The standard InChI is InChI=1S/C18H28N2/c1-18(10-3-2-4-11-18)14-19-13-16-8-5-7-15-9-6-12-20-17(15)16/h5,7-8,19-20H,2-4,6,9-14H2,1H3. The molecule has 1 aliphatic heterocycles. The van der Waals surface area contributed by atoms with Crippen molar-refractivity contribution in [2.24, 2.45) is 5.41 Å². The van der Waals surface area contributed by atoms with Crippen LogP contribution in [0.4, 0.5) is 5.69 Å². The van der Waals surface area contributed by atoms with E-state index in [0.717, 1.165) is 19.6 Å². The fourth-order valence-electron chi connectivity index (χ4n) is 3.81. The van der Waals surface area contributed by atoms with Gasteiger partial charge in [-0.05, 0) is 42.2 Å². The van der Waals surface area contributed by atoms with Gasteiger partial charge in [-0.2, -0.15) is 0 Å². The lowest BCUT2D eigenvalue weighted by Gasteiger charge is -2.34. The molecule has 0 bridgehead atoms. The maximum atomic E-state index is 3.72. The maximum Gasteiger partial charge on any atom is 0.0418 e. The first-order chi connectivity index (χ1) is 9.77. The van der Waals surface area contributed by atoms with Crippen LogP contribution in [0.15, 0.2) is 18.2 Å². The van der Waals surface area contributed by atoms with Crippen molar-refractivity contribution in [3.05, 3.63) is 29.3 Å². The number of anilines is 1.